The van der Waals surface area contributed by atoms with Gasteiger partial charge in [0.1, 0.15) is 18.1 Å². The maximum Gasteiger partial charge on any atom is 0.437 e. The van der Waals surface area contributed by atoms with Crippen LogP contribution < -0.4 is 15.8 Å². The number of hydrogen-bond donors (Lipinski definition) is 1. The van der Waals surface area contributed by atoms with Gasteiger partial charge in [0.15, 0.2) is 0 Å². The highest BCUT2D eigenvalue weighted by atomic mass is 19.3. The lowest BCUT2D eigenvalue weighted by molar-refractivity contribution is -0.121. The van der Waals surface area contributed by atoms with Gasteiger partial charge >= 0.3 is 12.4 Å². The van der Waals surface area contributed by atoms with Crippen molar-refractivity contribution in [3.63, 3.8) is 0 Å². The van der Waals surface area contributed by atoms with E-state index >= 15 is 0 Å². The van der Waals surface area contributed by atoms with Gasteiger partial charge in [0.2, 0.25) is 11.8 Å². The first kappa shape index (κ1) is 20.2. The SMILES string of the molecule is O=C(Cn1nc(-c2ccc(F)cc2)oc1=O)NCCc1ccc(OC(F)F)cc1. The van der Waals surface area contributed by atoms with E-state index in [1.807, 2.05) is 0 Å². The average molecular weight is 407 g/mol. The van der Waals surface area contributed by atoms with Gasteiger partial charge in [-0.25, -0.2) is 9.18 Å². The Morgan fingerprint density at radius 1 is 1.14 bits per heavy atom. The van der Waals surface area contributed by atoms with Gasteiger partial charge in [0, 0.05) is 12.1 Å². The van der Waals surface area contributed by atoms with Crippen LogP contribution in [0.15, 0.2) is 57.7 Å². The van der Waals surface area contributed by atoms with Crippen molar-refractivity contribution >= 4 is 5.91 Å². The molecule has 152 valence electrons. The fraction of sp³-hybridized carbons (Fsp3) is 0.211. The van der Waals surface area contributed by atoms with E-state index in [1.165, 1.54) is 36.4 Å². The maximum absolute atomic E-state index is 13.0. The molecule has 1 heterocycles. The number of aromatic nitrogens is 2. The predicted octanol–water partition coefficient (Wildman–Crippen LogP) is 2.60. The fourth-order valence-corrected chi connectivity index (χ4v) is 2.49. The number of amides is 1. The Morgan fingerprint density at radius 2 is 1.83 bits per heavy atom. The lowest BCUT2D eigenvalue weighted by atomic mass is 10.1. The number of hydrogen-bond acceptors (Lipinski definition) is 5. The summed E-state index contributed by atoms with van der Waals surface area (Å²) in [6.07, 6.45) is 0.454. The quantitative estimate of drug-likeness (QED) is 0.620. The first-order valence-electron chi connectivity index (χ1n) is 8.55. The van der Waals surface area contributed by atoms with Crippen molar-refractivity contribution in [1.29, 1.82) is 0 Å². The molecule has 0 unspecified atom stereocenters. The van der Waals surface area contributed by atoms with Gasteiger partial charge in [0.05, 0.1) is 0 Å². The third-order valence-electron chi connectivity index (χ3n) is 3.88. The van der Waals surface area contributed by atoms with Crippen LogP contribution in [0.4, 0.5) is 13.2 Å². The monoisotopic (exact) mass is 407 g/mol. The summed E-state index contributed by atoms with van der Waals surface area (Å²) in [6.45, 7) is -2.96. The third-order valence-corrected chi connectivity index (χ3v) is 3.88. The molecule has 0 atom stereocenters. The van der Waals surface area contributed by atoms with Crippen molar-refractivity contribution in [2.75, 3.05) is 6.54 Å². The Labute approximate surface area is 162 Å². The summed E-state index contributed by atoms with van der Waals surface area (Å²) in [5.74, 6) is -1.67. The minimum absolute atomic E-state index is 0.0195. The van der Waals surface area contributed by atoms with E-state index in [1.54, 1.807) is 12.1 Å². The Bertz CT molecular complexity index is 1010. The van der Waals surface area contributed by atoms with Gasteiger partial charge in [-0.3, -0.25) is 4.79 Å². The van der Waals surface area contributed by atoms with Crippen LogP contribution in [0.1, 0.15) is 5.56 Å². The summed E-state index contributed by atoms with van der Waals surface area (Å²) in [5, 5.41) is 6.56. The van der Waals surface area contributed by atoms with Crippen molar-refractivity contribution < 1.29 is 27.1 Å². The number of carbonyl (C=O) groups excluding carboxylic acids is 1. The van der Waals surface area contributed by atoms with Crippen LogP contribution >= 0.6 is 0 Å². The highest BCUT2D eigenvalue weighted by Gasteiger charge is 2.13. The number of nitrogens with zero attached hydrogens (tertiary/aromatic N) is 2. The molecular weight excluding hydrogens is 391 g/mol. The summed E-state index contributed by atoms with van der Waals surface area (Å²) in [5.41, 5.74) is 1.21. The molecule has 0 saturated heterocycles. The second-order valence-corrected chi connectivity index (χ2v) is 5.96. The van der Waals surface area contributed by atoms with E-state index in [9.17, 15) is 22.8 Å². The first-order chi connectivity index (χ1) is 13.9. The van der Waals surface area contributed by atoms with Gasteiger partial charge in [-0.15, -0.1) is 5.10 Å². The minimum Gasteiger partial charge on any atom is -0.435 e. The van der Waals surface area contributed by atoms with E-state index in [0.717, 1.165) is 10.2 Å². The van der Waals surface area contributed by atoms with Crippen molar-refractivity contribution in [1.82, 2.24) is 15.1 Å². The number of benzene rings is 2. The molecule has 7 nitrogen and oxygen atoms in total. The van der Waals surface area contributed by atoms with Crippen molar-refractivity contribution in [3.8, 4) is 17.2 Å². The highest BCUT2D eigenvalue weighted by molar-refractivity contribution is 5.75. The van der Waals surface area contributed by atoms with E-state index < -0.39 is 24.1 Å². The Balaban J connectivity index is 1.51. The number of ether oxygens (including phenoxy) is 1. The highest BCUT2D eigenvalue weighted by Crippen LogP contribution is 2.16. The zero-order valence-electron chi connectivity index (χ0n) is 15.0. The molecule has 29 heavy (non-hydrogen) atoms. The molecule has 0 aliphatic heterocycles. The summed E-state index contributed by atoms with van der Waals surface area (Å²) in [4.78, 5) is 23.8. The molecule has 0 radical (unpaired) electrons. The van der Waals surface area contributed by atoms with Gasteiger partial charge in [-0.05, 0) is 48.4 Å². The number of rotatable bonds is 8. The predicted molar refractivity (Wildman–Crippen MR) is 95.9 cm³/mol. The molecule has 0 bridgehead atoms. The third kappa shape index (κ3) is 5.71. The van der Waals surface area contributed by atoms with Crippen LogP contribution in [-0.2, 0) is 17.8 Å². The van der Waals surface area contributed by atoms with Crippen LogP contribution in [-0.4, -0.2) is 28.8 Å². The molecule has 0 aliphatic carbocycles. The van der Waals surface area contributed by atoms with Crippen LogP contribution in [0.3, 0.4) is 0 Å². The van der Waals surface area contributed by atoms with Gasteiger partial charge in [-0.2, -0.15) is 13.5 Å². The van der Waals surface area contributed by atoms with E-state index in [0.29, 0.717) is 12.0 Å². The van der Waals surface area contributed by atoms with Crippen molar-refractivity contribution in [2.24, 2.45) is 0 Å². The lowest BCUT2D eigenvalue weighted by Crippen LogP contribution is -2.32. The second-order valence-electron chi connectivity index (χ2n) is 5.96. The van der Waals surface area contributed by atoms with E-state index in [-0.39, 0.29) is 24.7 Å². The van der Waals surface area contributed by atoms with Crippen molar-refractivity contribution in [2.45, 2.75) is 19.6 Å². The van der Waals surface area contributed by atoms with Crippen LogP contribution in [0.25, 0.3) is 11.5 Å². The molecule has 3 aromatic rings. The summed E-state index contributed by atoms with van der Waals surface area (Å²) in [6, 6.07) is 11.3. The number of alkyl halides is 2. The molecular formula is C19H16F3N3O4. The van der Waals surface area contributed by atoms with Crippen LogP contribution in [0, 0.1) is 5.82 Å². The largest absolute Gasteiger partial charge is 0.437 e. The molecule has 0 aliphatic rings. The van der Waals surface area contributed by atoms with E-state index in [4.69, 9.17) is 4.42 Å². The zero-order chi connectivity index (χ0) is 20.8. The fourth-order valence-electron chi connectivity index (χ4n) is 2.49. The van der Waals surface area contributed by atoms with Crippen LogP contribution in [0.5, 0.6) is 5.75 Å². The van der Waals surface area contributed by atoms with Crippen molar-refractivity contribution in [3.05, 3.63) is 70.5 Å². The molecule has 3 rings (SSSR count). The molecule has 1 amide bonds. The molecule has 0 saturated carbocycles. The summed E-state index contributed by atoms with van der Waals surface area (Å²) < 4.78 is 47.3. The molecule has 1 N–H and O–H groups in total. The number of carbonyl (C=O) groups is 1. The van der Waals surface area contributed by atoms with E-state index in [2.05, 4.69) is 15.2 Å². The molecule has 0 spiro atoms. The molecule has 10 heteroatoms. The first-order valence-corrected chi connectivity index (χ1v) is 8.55. The Hall–Kier alpha value is -3.56. The maximum atomic E-state index is 13.0. The van der Waals surface area contributed by atoms with Gasteiger partial charge in [-0.1, -0.05) is 12.1 Å². The summed E-state index contributed by atoms with van der Waals surface area (Å²) in [7, 11) is 0. The summed E-state index contributed by atoms with van der Waals surface area (Å²) >= 11 is 0. The average Bonchev–Trinajstić information content (AvgIpc) is 3.03. The smallest absolute Gasteiger partial charge is 0.435 e. The van der Waals surface area contributed by atoms with Crippen LogP contribution in [0.2, 0.25) is 0 Å². The molecule has 1 aromatic heterocycles. The lowest BCUT2D eigenvalue weighted by Gasteiger charge is -2.07. The minimum atomic E-state index is -2.89. The van der Waals surface area contributed by atoms with Gasteiger partial charge < -0.3 is 14.5 Å². The normalized spacial score (nSPS) is 10.9. The second kappa shape index (κ2) is 9.09. The number of halogens is 3. The topological polar surface area (TPSA) is 86.4 Å². The number of nitrogens with one attached hydrogen (secondary N) is 1. The van der Waals surface area contributed by atoms with Gasteiger partial charge in [0.25, 0.3) is 0 Å². The standard InChI is InChI=1S/C19H16F3N3O4/c20-14-5-3-13(4-6-14)17-24-25(19(27)29-17)11-16(26)23-10-9-12-1-7-15(8-2-12)28-18(21)22/h1-8,18H,9-11H2,(H,23,26). The molecule has 2 aromatic carbocycles. The zero-order valence-corrected chi connectivity index (χ0v) is 15.0. The Kier molecular flexibility index (Phi) is 6.32. The molecule has 0 fully saturated rings. The Morgan fingerprint density at radius 3 is 2.48 bits per heavy atom.